The molecule has 0 spiro atoms. The van der Waals surface area contributed by atoms with Crippen molar-refractivity contribution in [2.45, 2.75) is 26.0 Å². The Morgan fingerprint density at radius 3 is 2.57 bits per heavy atom. The highest BCUT2D eigenvalue weighted by molar-refractivity contribution is 7.11. The van der Waals surface area contributed by atoms with Crippen LogP contribution in [0.4, 0.5) is 0 Å². The van der Waals surface area contributed by atoms with E-state index in [1.807, 2.05) is 0 Å². The maximum absolute atomic E-state index is 12.2. The van der Waals surface area contributed by atoms with Gasteiger partial charge in [0.15, 0.2) is 6.10 Å². The topological polar surface area (TPSA) is 55.4 Å². The SMILES string of the molecule is C[C@H](OC(=O)c1cccs1)C(=O)N[C@H](C)c1ccc(Cl)cc1Cl. The molecule has 0 radical (unpaired) electrons. The minimum atomic E-state index is -0.905. The largest absolute Gasteiger partial charge is 0.448 e. The van der Waals surface area contributed by atoms with Crippen molar-refractivity contribution in [2.75, 3.05) is 0 Å². The number of hydrogen-bond donors (Lipinski definition) is 1. The number of halogens is 2. The zero-order chi connectivity index (χ0) is 17.0. The zero-order valence-corrected chi connectivity index (χ0v) is 14.8. The lowest BCUT2D eigenvalue weighted by Gasteiger charge is -2.19. The quantitative estimate of drug-likeness (QED) is 0.788. The number of benzene rings is 1. The lowest BCUT2D eigenvalue weighted by molar-refractivity contribution is -0.129. The van der Waals surface area contributed by atoms with Crippen molar-refractivity contribution < 1.29 is 14.3 Å². The second-order valence-electron chi connectivity index (χ2n) is 4.92. The van der Waals surface area contributed by atoms with Gasteiger partial charge in [0.05, 0.1) is 6.04 Å². The van der Waals surface area contributed by atoms with Gasteiger partial charge in [-0.25, -0.2) is 4.79 Å². The second-order valence-corrected chi connectivity index (χ2v) is 6.71. The van der Waals surface area contributed by atoms with E-state index in [2.05, 4.69) is 5.32 Å². The second kappa shape index (κ2) is 7.81. The Bertz CT molecular complexity index is 703. The molecule has 23 heavy (non-hydrogen) atoms. The molecule has 0 fully saturated rings. The average Bonchev–Trinajstić information content (AvgIpc) is 3.01. The van der Waals surface area contributed by atoms with E-state index in [9.17, 15) is 9.59 Å². The first kappa shape index (κ1) is 17.8. The van der Waals surface area contributed by atoms with Crippen LogP contribution in [-0.4, -0.2) is 18.0 Å². The van der Waals surface area contributed by atoms with Crippen molar-refractivity contribution in [1.82, 2.24) is 5.32 Å². The third-order valence-corrected chi connectivity index (χ3v) is 4.58. The minimum Gasteiger partial charge on any atom is -0.448 e. The van der Waals surface area contributed by atoms with Crippen LogP contribution >= 0.6 is 34.5 Å². The smallest absolute Gasteiger partial charge is 0.349 e. The number of ether oxygens (including phenoxy) is 1. The van der Waals surface area contributed by atoms with Crippen LogP contribution in [0.25, 0.3) is 0 Å². The average molecular weight is 372 g/mol. The molecule has 4 nitrogen and oxygen atoms in total. The maximum atomic E-state index is 12.2. The van der Waals surface area contributed by atoms with E-state index in [0.717, 1.165) is 5.56 Å². The van der Waals surface area contributed by atoms with E-state index in [0.29, 0.717) is 14.9 Å². The summed E-state index contributed by atoms with van der Waals surface area (Å²) in [4.78, 5) is 24.5. The standard InChI is InChI=1S/C16H15Cl2NO3S/c1-9(12-6-5-11(17)8-13(12)18)19-15(20)10(2)22-16(21)14-4-3-7-23-14/h3-10H,1-2H3,(H,19,20)/t9-,10+/m1/s1. The molecular formula is C16H15Cl2NO3S. The van der Waals surface area contributed by atoms with Crippen molar-refractivity contribution in [3.63, 3.8) is 0 Å². The van der Waals surface area contributed by atoms with Gasteiger partial charge in [-0.1, -0.05) is 35.3 Å². The van der Waals surface area contributed by atoms with Crippen LogP contribution in [0.5, 0.6) is 0 Å². The number of hydrogen-bond acceptors (Lipinski definition) is 4. The molecule has 1 N–H and O–H groups in total. The molecule has 0 unspecified atom stereocenters. The Balaban J connectivity index is 1.96. The molecule has 7 heteroatoms. The van der Waals surface area contributed by atoms with E-state index >= 15 is 0 Å². The number of rotatable bonds is 5. The summed E-state index contributed by atoms with van der Waals surface area (Å²) in [5.41, 5.74) is 0.737. The molecule has 2 atom stereocenters. The fourth-order valence-corrected chi connectivity index (χ4v) is 3.11. The summed E-state index contributed by atoms with van der Waals surface area (Å²) in [5, 5.41) is 5.53. The number of thiophene rings is 1. The fraction of sp³-hybridized carbons (Fsp3) is 0.250. The predicted molar refractivity (Wildman–Crippen MR) is 92.2 cm³/mol. The summed E-state index contributed by atoms with van der Waals surface area (Å²) in [6.07, 6.45) is -0.905. The van der Waals surface area contributed by atoms with Gasteiger partial charge in [-0.15, -0.1) is 11.3 Å². The van der Waals surface area contributed by atoms with Gasteiger partial charge < -0.3 is 10.1 Å². The molecule has 0 saturated heterocycles. The van der Waals surface area contributed by atoms with Crippen molar-refractivity contribution in [2.24, 2.45) is 0 Å². The first-order chi connectivity index (χ1) is 10.9. The first-order valence-corrected chi connectivity index (χ1v) is 8.52. The lowest BCUT2D eigenvalue weighted by atomic mass is 10.1. The molecule has 0 aliphatic carbocycles. The lowest BCUT2D eigenvalue weighted by Crippen LogP contribution is -2.37. The zero-order valence-electron chi connectivity index (χ0n) is 12.5. The molecule has 1 aromatic heterocycles. The van der Waals surface area contributed by atoms with Gasteiger partial charge in [0.25, 0.3) is 5.91 Å². The van der Waals surface area contributed by atoms with Gasteiger partial charge in [0.2, 0.25) is 0 Å². The van der Waals surface area contributed by atoms with Crippen LogP contribution in [0.3, 0.4) is 0 Å². The molecule has 1 aromatic carbocycles. The molecule has 0 aliphatic heterocycles. The predicted octanol–water partition coefficient (Wildman–Crippen LogP) is 4.48. The van der Waals surface area contributed by atoms with Crippen molar-refractivity contribution >= 4 is 46.4 Å². The van der Waals surface area contributed by atoms with Gasteiger partial charge in [-0.2, -0.15) is 0 Å². The third kappa shape index (κ3) is 4.70. The monoisotopic (exact) mass is 371 g/mol. The highest BCUT2D eigenvalue weighted by Crippen LogP contribution is 2.26. The molecular weight excluding hydrogens is 357 g/mol. The van der Waals surface area contributed by atoms with Gasteiger partial charge >= 0.3 is 5.97 Å². The number of amides is 1. The Labute approximate surface area is 148 Å². The Kier molecular flexibility index (Phi) is 6.04. The first-order valence-electron chi connectivity index (χ1n) is 6.88. The van der Waals surface area contributed by atoms with E-state index in [-0.39, 0.29) is 6.04 Å². The van der Waals surface area contributed by atoms with Crippen LogP contribution in [0.1, 0.15) is 35.1 Å². The fourth-order valence-electron chi connectivity index (χ4n) is 1.93. The summed E-state index contributed by atoms with van der Waals surface area (Å²) in [5.74, 6) is -0.909. The molecule has 0 bridgehead atoms. The molecule has 2 aromatic rings. The molecule has 2 rings (SSSR count). The van der Waals surface area contributed by atoms with E-state index in [1.165, 1.54) is 18.3 Å². The third-order valence-electron chi connectivity index (χ3n) is 3.16. The highest BCUT2D eigenvalue weighted by atomic mass is 35.5. The Hall–Kier alpha value is -1.56. The van der Waals surface area contributed by atoms with Crippen molar-refractivity contribution in [3.8, 4) is 0 Å². The van der Waals surface area contributed by atoms with Crippen molar-refractivity contribution in [3.05, 3.63) is 56.2 Å². The molecule has 122 valence electrons. The number of carbonyl (C=O) groups is 2. The summed E-state index contributed by atoms with van der Waals surface area (Å²) in [7, 11) is 0. The number of esters is 1. The Morgan fingerprint density at radius 2 is 1.96 bits per heavy atom. The normalized spacial score (nSPS) is 13.2. The summed E-state index contributed by atoms with van der Waals surface area (Å²) >= 11 is 13.2. The van der Waals surface area contributed by atoms with Crippen molar-refractivity contribution in [1.29, 1.82) is 0 Å². The van der Waals surface area contributed by atoms with Crippen LogP contribution in [0.2, 0.25) is 10.0 Å². The summed E-state index contributed by atoms with van der Waals surface area (Å²) in [6, 6.07) is 8.12. The van der Waals surface area contributed by atoms with Crippen LogP contribution in [0.15, 0.2) is 35.7 Å². The van der Waals surface area contributed by atoms with E-state index < -0.39 is 18.0 Å². The highest BCUT2D eigenvalue weighted by Gasteiger charge is 2.22. The Morgan fingerprint density at radius 1 is 1.22 bits per heavy atom. The van der Waals surface area contributed by atoms with E-state index in [1.54, 1.807) is 42.6 Å². The minimum absolute atomic E-state index is 0.338. The van der Waals surface area contributed by atoms with Gasteiger partial charge in [-0.05, 0) is 43.0 Å². The number of nitrogens with one attached hydrogen (secondary N) is 1. The van der Waals surface area contributed by atoms with E-state index in [4.69, 9.17) is 27.9 Å². The molecule has 1 amide bonds. The molecule has 1 heterocycles. The van der Waals surface area contributed by atoms with Crippen LogP contribution < -0.4 is 5.32 Å². The maximum Gasteiger partial charge on any atom is 0.349 e. The summed E-state index contributed by atoms with van der Waals surface area (Å²) < 4.78 is 5.15. The van der Waals surface area contributed by atoms with Crippen LogP contribution in [-0.2, 0) is 9.53 Å². The summed E-state index contributed by atoms with van der Waals surface area (Å²) in [6.45, 7) is 3.32. The van der Waals surface area contributed by atoms with Gasteiger partial charge in [0.1, 0.15) is 4.88 Å². The van der Waals surface area contributed by atoms with Crippen LogP contribution in [0, 0.1) is 0 Å². The van der Waals surface area contributed by atoms with Gasteiger partial charge in [0, 0.05) is 10.0 Å². The molecule has 0 aliphatic rings. The molecule has 0 saturated carbocycles. The van der Waals surface area contributed by atoms with Gasteiger partial charge in [-0.3, -0.25) is 4.79 Å². The number of carbonyl (C=O) groups excluding carboxylic acids is 2.